The summed E-state index contributed by atoms with van der Waals surface area (Å²) in [6.45, 7) is 7.41. The van der Waals surface area contributed by atoms with Gasteiger partial charge in [-0.25, -0.2) is 0 Å². The Morgan fingerprint density at radius 2 is 1.56 bits per heavy atom. The van der Waals surface area contributed by atoms with Gasteiger partial charge >= 0.3 is 0 Å². The van der Waals surface area contributed by atoms with E-state index in [1.807, 2.05) is 49.4 Å². The number of unbranched alkanes of at least 4 members (excludes halogenated alkanes) is 1. The molecule has 1 aliphatic heterocycles. The van der Waals surface area contributed by atoms with E-state index in [1.165, 1.54) is 0 Å². The number of carbonyl (C=O) groups excluding carboxylic acids is 4. The molecule has 210 valence electrons. The van der Waals surface area contributed by atoms with Crippen LogP contribution >= 0.6 is 0 Å². The van der Waals surface area contributed by atoms with Crippen molar-refractivity contribution in [3.05, 3.63) is 65.7 Å². The molecule has 1 fully saturated rings. The fraction of sp³-hybridized carbons (Fsp3) is 0.467. The van der Waals surface area contributed by atoms with E-state index in [4.69, 9.17) is 0 Å². The van der Waals surface area contributed by atoms with Gasteiger partial charge in [0.2, 0.25) is 11.8 Å². The number of piperazine rings is 1. The van der Waals surface area contributed by atoms with Crippen LogP contribution in [0.5, 0.6) is 0 Å². The predicted molar refractivity (Wildman–Crippen MR) is 153 cm³/mol. The van der Waals surface area contributed by atoms with Crippen molar-refractivity contribution in [2.45, 2.75) is 57.7 Å². The molecule has 1 aliphatic rings. The first-order valence-corrected chi connectivity index (χ1v) is 13.7. The summed E-state index contributed by atoms with van der Waals surface area (Å²) in [4.78, 5) is 55.0. The Bertz CT molecular complexity index is 1080. The lowest BCUT2D eigenvalue weighted by Gasteiger charge is -2.34. The molecule has 0 aromatic heterocycles. The van der Waals surface area contributed by atoms with Crippen molar-refractivity contribution in [1.82, 2.24) is 20.9 Å². The van der Waals surface area contributed by atoms with E-state index in [0.717, 1.165) is 56.6 Å². The number of aldehydes is 1. The molecule has 39 heavy (non-hydrogen) atoms. The van der Waals surface area contributed by atoms with Crippen LogP contribution in [0.25, 0.3) is 0 Å². The van der Waals surface area contributed by atoms with Gasteiger partial charge in [0, 0.05) is 43.9 Å². The van der Waals surface area contributed by atoms with Gasteiger partial charge in [0.15, 0.2) is 0 Å². The van der Waals surface area contributed by atoms with Crippen LogP contribution in [0.4, 0.5) is 5.69 Å². The molecule has 0 aliphatic carbocycles. The minimum absolute atomic E-state index is 0.263. The third-order valence-corrected chi connectivity index (χ3v) is 7.02. The minimum Gasteiger partial charge on any atom is -0.369 e. The summed E-state index contributed by atoms with van der Waals surface area (Å²) in [5.74, 6) is -1.28. The largest absolute Gasteiger partial charge is 0.369 e. The molecule has 1 heterocycles. The van der Waals surface area contributed by atoms with Gasteiger partial charge in [-0.2, -0.15) is 0 Å². The molecule has 0 unspecified atom stereocenters. The smallest absolute Gasteiger partial charge is 0.251 e. The van der Waals surface area contributed by atoms with Crippen molar-refractivity contribution in [2.75, 3.05) is 38.1 Å². The summed E-state index contributed by atoms with van der Waals surface area (Å²) in [6.07, 6.45) is 3.25. The molecular formula is C30H41N5O4. The van der Waals surface area contributed by atoms with E-state index in [9.17, 15) is 19.2 Å². The van der Waals surface area contributed by atoms with Crippen molar-refractivity contribution in [1.29, 1.82) is 0 Å². The van der Waals surface area contributed by atoms with Crippen LogP contribution in [0.3, 0.4) is 0 Å². The zero-order valence-corrected chi connectivity index (χ0v) is 23.2. The summed E-state index contributed by atoms with van der Waals surface area (Å²) in [7, 11) is 2.11. The number of carbonyl (C=O) groups is 4. The second-order valence-corrected chi connectivity index (χ2v) is 10.2. The standard InChI is InChI=1S/C30H41N5O4/c1-4-5-11-25(21-36)32-28(37)22(2)31-30(39)27(20-23-9-7-6-8-10-23)33-29(38)24-12-14-26(15-13-24)35-18-16-34(3)17-19-35/h6-10,12-15,21-22,25,27H,4-5,11,16-20H2,1-3H3,(H,31,39)(H,32,37)(H,33,38)/t22-,25-,27+/m0/s1. The second kappa shape index (κ2) is 15.0. The maximum Gasteiger partial charge on any atom is 0.251 e. The molecule has 3 N–H and O–H groups in total. The molecule has 9 nitrogen and oxygen atoms in total. The SMILES string of the molecule is CCCC[C@@H](C=O)NC(=O)[C@H](C)NC(=O)[C@@H](Cc1ccccc1)NC(=O)c1ccc(N2CCN(C)CC2)cc1. The normalized spacial score (nSPS) is 16.0. The van der Waals surface area contributed by atoms with Gasteiger partial charge in [-0.3, -0.25) is 14.4 Å². The van der Waals surface area contributed by atoms with Crippen LogP contribution in [0.15, 0.2) is 54.6 Å². The van der Waals surface area contributed by atoms with Gasteiger partial charge in [-0.15, -0.1) is 0 Å². The van der Waals surface area contributed by atoms with E-state index in [1.54, 1.807) is 19.1 Å². The van der Waals surface area contributed by atoms with E-state index in [2.05, 4.69) is 32.8 Å². The molecular weight excluding hydrogens is 494 g/mol. The molecule has 1 saturated heterocycles. The van der Waals surface area contributed by atoms with Crippen LogP contribution in [0.2, 0.25) is 0 Å². The Labute approximate surface area is 231 Å². The molecule has 3 rings (SSSR count). The summed E-state index contributed by atoms with van der Waals surface area (Å²) in [6, 6.07) is 14.4. The van der Waals surface area contributed by atoms with E-state index < -0.39 is 29.9 Å². The van der Waals surface area contributed by atoms with Crippen LogP contribution in [-0.2, 0) is 20.8 Å². The Balaban J connectivity index is 1.66. The van der Waals surface area contributed by atoms with Crippen LogP contribution in [-0.4, -0.2) is 80.3 Å². The third-order valence-electron chi connectivity index (χ3n) is 7.02. The summed E-state index contributed by atoms with van der Waals surface area (Å²) >= 11 is 0. The number of amides is 3. The molecule has 0 spiro atoms. The van der Waals surface area contributed by atoms with E-state index in [-0.39, 0.29) is 12.3 Å². The Kier molecular flexibility index (Phi) is 11.5. The highest BCUT2D eigenvalue weighted by molar-refractivity contribution is 5.98. The highest BCUT2D eigenvalue weighted by Gasteiger charge is 2.26. The predicted octanol–water partition coefficient (Wildman–Crippen LogP) is 2.16. The second-order valence-electron chi connectivity index (χ2n) is 10.2. The lowest BCUT2D eigenvalue weighted by molar-refractivity contribution is -0.130. The number of rotatable bonds is 13. The number of nitrogens with zero attached hydrogens (tertiary/aromatic N) is 2. The quantitative estimate of drug-likeness (QED) is 0.339. The zero-order chi connectivity index (χ0) is 28.2. The molecule has 3 atom stereocenters. The first-order valence-electron chi connectivity index (χ1n) is 13.7. The van der Waals surface area contributed by atoms with Crippen molar-refractivity contribution in [3.8, 4) is 0 Å². The first-order chi connectivity index (χ1) is 18.8. The highest BCUT2D eigenvalue weighted by Crippen LogP contribution is 2.17. The number of hydrogen-bond donors (Lipinski definition) is 3. The van der Waals surface area contributed by atoms with Crippen LogP contribution < -0.4 is 20.9 Å². The minimum atomic E-state index is -0.894. The van der Waals surface area contributed by atoms with E-state index in [0.29, 0.717) is 12.0 Å². The fourth-order valence-electron chi connectivity index (χ4n) is 4.47. The molecule has 0 saturated carbocycles. The summed E-state index contributed by atoms with van der Waals surface area (Å²) < 4.78 is 0. The Morgan fingerprint density at radius 3 is 2.18 bits per heavy atom. The van der Waals surface area contributed by atoms with Gasteiger partial charge in [0.05, 0.1) is 6.04 Å². The average molecular weight is 536 g/mol. The van der Waals surface area contributed by atoms with Crippen molar-refractivity contribution in [2.24, 2.45) is 0 Å². The van der Waals surface area contributed by atoms with Crippen molar-refractivity contribution < 1.29 is 19.2 Å². The van der Waals surface area contributed by atoms with Crippen LogP contribution in [0.1, 0.15) is 49.0 Å². The lowest BCUT2D eigenvalue weighted by atomic mass is 10.0. The van der Waals surface area contributed by atoms with Gasteiger partial charge in [0.25, 0.3) is 5.91 Å². The molecule has 2 aromatic carbocycles. The average Bonchev–Trinajstić information content (AvgIpc) is 2.95. The Hall–Kier alpha value is -3.72. The maximum absolute atomic E-state index is 13.3. The van der Waals surface area contributed by atoms with Gasteiger partial charge in [0.1, 0.15) is 18.4 Å². The summed E-state index contributed by atoms with van der Waals surface area (Å²) in [5.41, 5.74) is 2.39. The highest BCUT2D eigenvalue weighted by atomic mass is 16.2. The van der Waals surface area contributed by atoms with E-state index >= 15 is 0 Å². The number of benzene rings is 2. The number of likely N-dealkylation sites (N-methyl/N-ethyl adjacent to an activating group) is 1. The first kappa shape index (κ1) is 29.8. The molecule has 2 aromatic rings. The summed E-state index contributed by atoms with van der Waals surface area (Å²) in [5, 5.41) is 8.24. The zero-order valence-electron chi connectivity index (χ0n) is 23.2. The number of anilines is 1. The van der Waals surface area contributed by atoms with Crippen LogP contribution in [0, 0.1) is 0 Å². The lowest BCUT2D eigenvalue weighted by Crippen LogP contribution is -2.54. The number of nitrogens with one attached hydrogen (secondary N) is 3. The molecule has 3 amide bonds. The van der Waals surface area contributed by atoms with Crippen molar-refractivity contribution >= 4 is 29.7 Å². The topological polar surface area (TPSA) is 111 Å². The van der Waals surface area contributed by atoms with Gasteiger partial charge < -0.3 is 30.5 Å². The number of hydrogen-bond acceptors (Lipinski definition) is 6. The molecule has 0 radical (unpaired) electrons. The molecule has 9 heteroatoms. The Morgan fingerprint density at radius 1 is 0.897 bits per heavy atom. The monoisotopic (exact) mass is 535 g/mol. The molecule has 0 bridgehead atoms. The van der Waals surface area contributed by atoms with Gasteiger partial charge in [-0.05, 0) is 50.2 Å². The fourth-order valence-corrected chi connectivity index (χ4v) is 4.47. The van der Waals surface area contributed by atoms with Gasteiger partial charge in [-0.1, -0.05) is 50.1 Å². The van der Waals surface area contributed by atoms with Crippen molar-refractivity contribution in [3.63, 3.8) is 0 Å². The maximum atomic E-state index is 13.3. The third kappa shape index (κ3) is 9.21.